The van der Waals surface area contributed by atoms with Crippen molar-refractivity contribution < 1.29 is 4.79 Å². The van der Waals surface area contributed by atoms with Crippen molar-refractivity contribution in [1.82, 2.24) is 9.88 Å². The first-order chi connectivity index (χ1) is 8.22. The first-order valence-corrected chi connectivity index (χ1v) is 5.31. The van der Waals surface area contributed by atoms with Gasteiger partial charge in [-0.05, 0) is 18.6 Å². The predicted octanol–water partition coefficient (Wildman–Crippen LogP) is 1.44. The van der Waals surface area contributed by atoms with Crippen molar-refractivity contribution in [3.8, 4) is 18.4 Å². The molecule has 4 heteroatoms. The molecule has 17 heavy (non-hydrogen) atoms. The van der Waals surface area contributed by atoms with Crippen molar-refractivity contribution in [2.75, 3.05) is 13.1 Å². The van der Waals surface area contributed by atoms with Crippen LogP contribution in [0.3, 0.4) is 0 Å². The molecule has 0 spiro atoms. The van der Waals surface area contributed by atoms with Gasteiger partial charge in [0.15, 0.2) is 0 Å². The van der Waals surface area contributed by atoms with Crippen molar-refractivity contribution in [3.05, 3.63) is 29.6 Å². The SMILES string of the molecule is C#CCN(CCC)C(=O)c1ccc(C#N)cn1. The number of carbonyl (C=O) groups excluding carboxylic acids is 1. The molecule has 0 unspecified atom stereocenters. The maximum absolute atomic E-state index is 12.0. The highest BCUT2D eigenvalue weighted by Crippen LogP contribution is 2.04. The van der Waals surface area contributed by atoms with E-state index in [0.717, 1.165) is 6.42 Å². The molecule has 0 aliphatic heterocycles. The molecule has 0 saturated heterocycles. The summed E-state index contributed by atoms with van der Waals surface area (Å²) in [6.45, 7) is 2.85. The lowest BCUT2D eigenvalue weighted by Crippen LogP contribution is -2.32. The van der Waals surface area contributed by atoms with Crippen LogP contribution in [0.25, 0.3) is 0 Å². The molecule has 1 heterocycles. The highest BCUT2D eigenvalue weighted by molar-refractivity contribution is 5.92. The Balaban J connectivity index is 2.86. The van der Waals surface area contributed by atoms with Gasteiger partial charge in [-0.1, -0.05) is 12.8 Å². The number of nitrogens with zero attached hydrogens (tertiary/aromatic N) is 3. The average molecular weight is 227 g/mol. The van der Waals surface area contributed by atoms with E-state index >= 15 is 0 Å². The molecular weight excluding hydrogens is 214 g/mol. The Morgan fingerprint density at radius 2 is 2.35 bits per heavy atom. The number of hydrogen-bond acceptors (Lipinski definition) is 3. The van der Waals surface area contributed by atoms with Gasteiger partial charge in [-0.3, -0.25) is 4.79 Å². The van der Waals surface area contributed by atoms with E-state index in [1.165, 1.54) is 6.20 Å². The van der Waals surface area contributed by atoms with Gasteiger partial charge in [-0.2, -0.15) is 5.26 Å². The number of amides is 1. The van der Waals surface area contributed by atoms with Crippen molar-refractivity contribution in [2.45, 2.75) is 13.3 Å². The van der Waals surface area contributed by atoms with Gasteiger partial charge in [-0.15, -0.1) is 6.42 Å². The molecule has 1 amide bonds. The van der Waals surface area contributed by atoms with E-state index in [2.05, 4.69) is 10.9 Å². The molecule has 0 aliphatic carbocycles. The predicted molar refractivity (Wildman–Crippen MR) is 64.0 cm³/mol. The Morgan fingerprint density at radius 3 is 2.82 bits per heavy atom. The number of carbonyl (C=O) groups is 1. The molecule has 0 aromatic carbocycles. The van der Waals surface area contributed by atoms with Crippen molar-refractivity contribution in [3.63, 3.8) is 0 Å². The van der Waals surface area contributed by atoms with Crippen LogP contribution in [-0.4, -0.2) is 28.9 Å². The Bertz CT molecular complexity index is 465. The third-order valence-electron chi connectivity index (χ3n) is 2.17. The smallest absolute Gasteiger partial charge is 0.273 e. The summed E-state index contributed by atoms with van der Waals surface area (Å²) in [6.07, 6.45) is 7.43. The second-order valence-electron chi connectivity index (χ2n) is 3.47. The summed E-state index contributed by atoms with van der Waals surface area (Å²) in [5.41, 5.74) is 0.744. The summed E-state index contributed by atoms with van der Waals surface area (Å²) in [6, 6.07) is 5.06. The molecular formula is C13H13N3O. The number of hydrogen-bond donors (Lipinski definition) is 0. The lowest BCUT2D eigenvalue weighted by Gasteiger charge is -2.18. The number of nitriles is 1. The van der Waals surface area contributed by atoms with Crippen LogP contribution in [0.15, 0.2) is 18.3 Å². The average Bonchev–Trinajstić information content (AvgIpc) is 2.38. The van der Waals surface area contributed by atoms with Crippen LogP contribution in [0.1, 0.15) is 29.4 Å². The maximum Gasteiger partial charge on any atom is 0.273 e. The largest absolute Gasteiger partial charge is 0.326 e. The van der Waals surface area contributed by atoms with E-state index in [-0.39, 0.29) is 12.5 Å². The van der Waals surface area contributed by atoms with Gasteiger partial charge < -0.3 is 4.90 Å². The molecule has 0 aliphatic rings. The van der Waals surface area contributed by atoms with E-state index in [1.807, 2.05) is 13.0 Å². The third-order valence-corrected chi connectivity index (χ3v) is 2.17. The Morgan fingerprint density at radius 1 is 1.59 bits per heavy atom. The first kappa shape index (κ1) is 12.7. The molecule has 0 N–H and O–H groups in total. The summed E-state index contributed by atoms with van der Waals surface area (Å²) >= 11 is 0. The molecule has 86 valence electrons. The molecule has 0 fully saturated rings. The Labute approximate surface area is 101 Å². The number of aromatic nitrogens is 1. The molecule has 0 radical (unpaired) electrons. The zero-order chi connectivity index (χ0) is 12.7. The summed E-state index contributed by atoms with van der Waals surface area (Å²) < 4.78 is 0. The van der Waals surface area contributed by atoms with Crippen LogP contribution in [0.2, 0.25) is 0 Å². The van der Waals surface area contributed by atoms with Crippen LogP contribution in [-0.2, 0) is 0 Å². The molecule has 1 aromatic heterocycles. The fourth-order valence-corrected chi connectivity index (χ4v) is 1.38. The lowest BCUT2D eigenvalue weighted by atomic mass is 10.2. The van der Waals surface area contributed by atoms with E-state index in [1.54, 1.807) is 17.0 Å². The zero-order valence-corrected chi connectivity index (χ0v) is 9.68. The topological polar surface area (TPSA) is 57.0 Å². The van der Waals surface area contributed by atoms with Crippen LogP contribution in [0.5, 0.6) is 0 Å². The van der Waals surface area contributed by atoms with Gasteiger partial charge in [-0.25, -0.2) is 4.98 Å². The summed E-state index contributed by atoms with van der Waals surface area (Å²) in [4.78, 5) is 17.5. The standard InChI is InChI=1S/C13H13N3O/c1-3-7-16(8-4-2)13(17)12-6-5-11(9-14)10-15-12/h1,5-6,10H,4,7-8H2,2H3. The van der Waals surface area contributed by atoms with Gasteiger partial charge in [0.1, 0.15) is 11.8 Å². The summed E-state index contributed by atoms with van der Waals surface area (Å²) in [7, 11) is 0. The molecule has 0 saturated carbocycles. The van der Waals surface area contributed by atoms with E-state index in [9.17, 15) is 4.79 Å². The second kappa shape index (κ2) is 6.30. The van der Waals surface area contributed by atoms with Crippen molar-refractivity contribution in [2.24, 2.45) is 0 Å². The van der Waals surface area contributed by atoms with Gasteiger partial charge in [0.2, 0.25) is 0 Å². The van der Waals surface area contributed by atoms with Gasteiger partial charge >= 0.3 is 0 Å². The van der Waals surface area contributed by atoms with Crippen molar-refractivity contribution >= 4 is 5.91 Å². The monoisotopic (exact) mass is 227 g/mol. The summed E-state index contributed by atoms with van der Waals surface area (Å²) in [5, 5.41) is 8.63. The third kappa shape index (κ3) is 3.32. The number of pyridine rings is 1. The lowest BCUT2D eigenvalue weighted by molar-refractivity contribution is 0.0771. The molecule has 1 aromatic rings. The highest BCUT2D eigenvalue weighted by Gasteiger charge is 2.14. The van der Waals surface area contributed by atoms with Crippen LogP contribution in [0.4, 0.5) is 0 Å². The van der Waals surface area contributed by atoms with Gasteiger partial charge in [0, 0.05) is 12.7 Å². The van der Waals surface area contributed by atoms with Gasteiger partial charge in [0.25, 0.3) is 5.91 Å². The fraction of sp³-hybridized carbons (Fsp3) is 0.308. The van der Waals surface area contributed by atoms with E-state index in [0.29, 0.717) is 17.8 Å². The minimum absolute atomic E-state index is 0.200. The minimum Gasteiger partial charge on any atom is -0.326 e. The summed E-state index contributed by atoms with van der Waals surface area (Å²) in [5.74, 6) is 2.25. The molecule has 1 rings (SSSR count). The van der Waals surface area contributed by atoms with Crippen LogP contribution in [0, 0.1) is 23.7 Å². The second-order valence-corrected chi connectivity index (χ2v) is 3.47. The molecule has 4 nitrogen and oxygen atoms in total. The minimum atomic E-state index is -0.200. The zero-order valence-electron chi connectivity index (χ0n) is 9.68. The Hall–Kier alpha value is -2.33. The van der Waals surface area contributed by atoms with Crippen LogP contribution < -0.4 is 0 Å². The molecule has 0 atom stereocenters. The van der Waals surface area contributed by atoms with Crippen molar-refractivity contribution in [1.29, 1.82) is 5.26 Å². The maximum atomic E-state index is 12.0. The quantitative estimate of drug-likeness (QED) is 0.731. The van der Waals surface area contributed by atoms with Gasteiger partial charge in [0.05, 0.1) is 12.1 Å². The highest BCUT2D eigenvalue weighted by atomic mass is 16.2. The first-order valence-electron chi connectivity index (χ1n) is 5.31. The number of terminal acetylenes is 1. The number of rotatable bonds is 4. The molecule has 0 bridgehead atoms. The van der Waals surface area contributed by atoms with Crippen LogP contribution >= 0.6 is 0 Å². The van der Waals surface area contributed by atoms with E-state index in [4.69, 9.17) is 11.7 Å². The fourth-order valence-electron chi connectivity index (χ4n) is 1.38. The Kier molecular flexibility index (Phi) is 4.72. The normalized spacial score (nSPS) is 9.12. The van der Waals surface area contributed by atoms with E-state index < -0.39 is 0 Å².